The third-order valence-electron chi connectivity index (χ3n) is 2.63. The van der Waals surface area contributed by atoms with Gasteiger partial charge in [0.1, 0.15) is 0 Å². The second kappa shape index (κ2) is 4.46. The van der Waals surface area contributed by atoms with E-state index in [0.29, 0.717) is 5.95 Å². The number of para-hydroxylation sites is 1. The maximum atomic E-state index is 11.2. The predicted octanol–water partition coefficient (Wildman–Crippen LogP) is -0.471. The van der Waals surface area contributed by atoms with Crippen LogP contribution in [0.15, 0.2) is 36.5 Å². The van der Waals surface area contributed by atoms with Gasteiger partial charge in [-0.3, -0.25) is 4.79 Å². The monoisotopic (exact) mass is 270 g/mol. The van der Waals surface area contributed by atoms with Crippen LogP contribution in [-0.4, -0.2) is 35.9 Å². The number of primary amides is 1. The van der Waals surface area contributed by atoms with Gasteiger partial charge >= 0.3 is 0 Å². The van der Waals surface area contributed by atoms with Crippen LogP contribution in [0.5, 0.6) is 0 Å². The van der Waals surface area contributed by atoms with Crippen LogP contribution < -0.4 is 11.5 Å². The number of benzene rings is 1. The molecule has 1 aromatic carbocycles. The van der Waals surface area contributed by atoms with E-state index in [2.05, 4.69) is 20.6 Å². The van der Waals surface area contributed by atoms with Crippen molar-refractivity contribution < 1.29 is 4.79 Å². The Labute approximate surface area is 112 Å². The van der Waals surface area contributed by atoms with E-state index in [0.717, 1.165) is 5.69 Å². The Balaban J connectivity index is 2.11. The highest BCUT2D eigenvalue weighted by Crippen LogP contribution is 2.14. The van der Waals surface area contributed by atoms with E-state index in [1.807, 2.05) is 30.3 Å². The van der Waals surface area contributed by atoms with Crippen molar-refractivity contribution in [1.29, 1.82) is 0 Å². The first-order valence-electron chi connectivity index (χ1n) is 5.66. The maximum Gasteiger partial charge on any atom is 0.275 e. The first-order chi connectivity index (χ1) is 9.66. The molecule has 0 fully saturated rings. The summed E-state index contributed by atoms with van der Waals surface area (Å²) in [6.45, 7) is 0. The lowest BCUT2D eigenvalue weighted by atomic mass is 10.3. The lowest BCUT2D eigenvalue weighted by Gasteiger charge is -2.03. The van der Waals surface area contributed by atoms with Crippen LogP contribution in [0.25, 0.3) is 11.6 Å². The molecule has 9 nitrogen and oxygen atoms in total. The molecule has 100 valence electrons. The van der Waals surface area contributed by atoms with Gasteiger partial charge in [0.25, 0.3) is 11.9 Å². The summed E-state index contributed by atoms with van der Waals surface area (Å²) in [5.41, 5.74) is 11.8. The van der Waals surface area contributed by atoms with Crippen molar-refractivity contribution in [2.45, 2.75) is 0 Å². The van der Waals surface area contributed by atoms with E-state index in [1.54, 1.807) is 0 Å². The number of hydrogen-bond donors (Lipinski definition) is 2. The molecular formula is C11H10N8O. The Hall–Kier alpha value is -3.23. The van der Waals surface area contributed by atoms with Crippen molar-refractivity contribution in [3.05, 3.63) is 42.2 Å². The molecule has 0 bridgehead atoms. The van der Waals surface area contributed by atoms with Gasteiger partial charge in [0.05, 0.1) is 17.6 Å². The molecule has 9 heteroatoms. The third kappa shape index (κ3) is 1.86. The van der Waals surface area contributed by atoms with Crippen LogP contribution in [0.2, 0.25) is 0 Å². The summed E-state index contributed by atoms with van der Waals surface area (Å²) in [4.78, 5) is 11.2. The lowest BCUT2D eigenvalue weighted by Crippen LogP contribution is -2.14. The first kappa shape index (κ1) is 11.8. The van der Waals surface area contributed by atoms with E-state index in [4.69, 9.17) is 11.5 Å². The van der Waals surface area contributed by atoms with E-state index in [1.165, 1.54) is 15.6 Å². The number of carbonyl (C=O) groups excluding carboxylic acids is 1. The molecule has 1 amide bonds. The highest BCUT2D eigenvalue weighted by atomic mass is 16.1. The van der Waals surface area contributed by atoms with Crippen LogP contribution in [0.3, 0.4) is 0 Å². The van der Waals surface area contributed by atoms with Crippen LogP contribution in [0.4, 0.5) is 5.69 Å². The summed E-state index contributed by atoms with van der Waals surface area (Å²) in [6, 6.07) is 9.26. The summed E-state index contributed by atoms with van der Waals surface area (Å²) >= 11 is 0. The number of amides is 1. The van der Waals surface area contributed by atoms with Crippen molar-refractivity contribution in [3.8, 4) is 11.6 Å². The molecular weight excluding hydrogens is 260 g/mol. The normalized spacial score (nSPS) is 10.6. The average Bonchev–Trinajstić information content (AvgIpc) is 3.05. The molecule has 2 heterocycles. The van der Waals surface area contributed by atoms with Crippen LogP contribution in [-0.2, 0) is 0 Å². The van der Waals surface area contributed by atoms with Crippen molar-refractivity contribution >= 4 is 11.6 Å². The van der Waals surface area contributed by atoms with Crippen LogP contribution in [0.1, 0.15) is 10.5 Å². The zero-order chi connectivity index (χ0) is 14.1. The minimum atomic E-state index is -0.708. The molecule has 0 unspecified atom stereocenters. The van der Waals surface area contributed by atoms with Crippen LogP contribution >= 0.6 is 0 Å². The fraction of sp³-hybridized carbons (Fsp3) is 0. The summed E-state index contributed by atoms with van der Waals surface area (Å²) < 4.78 is 2.78. The van der Waals surface area contributed by atoms with Crippen LogP contribution in [0, 0.1) is 0 Å². The molecule has 3 aromatic rings. The van der Waals surface area contributed by atoms with Crippen molar-refractivity contribution in [1.82, 2.24) is 30.0 Å². The van der Waals surface area contributed by atoms with E-state index in [9.17, 15) is 4.79 Å². The summed E-state index contributed by atoms with van der Waals surface area (Å²) in [5, 5.41) is 15.4. The van der Waals surface area contributed by atoms with Gasteiger partial charge in [-0.2, -0.15) is 9.78 Å². The zero-order valence-electron chi connectivity index (χ0n) is 10.2. The Morgan fingerprint density at radius 2 is 1.95 bits per heavy atom. The largest absolute Gasteiger partial charge is 0.395 e. The molecule has 0 aliphatic heterocycles. The summed E-state index contributed by atoms with van der Waals surface area (Å²) in [5.74, 6) is -0.407. The Morgan fingerprint density at radius 3 is 2.60 bits per heavy atom. The number of nitrogens with zero attached hydrogens (tertiary/aromatic N) is 6. The molecule has 4 N–H and O–H groups in total. The Bertz CT molecular complexity index is 760. The van der Waals surface area contributed by atoms with Gasteiger partial charge < -0.3 is 11.5 Å². The quantitative estimate of drug-likeness (QED) is 0.661. The van der Waals surface area contributed by atoms with E-state index in [-0.39, 0.29) is 11.4 Å². The average molecular weight is 270 g/mol. The van der Waals surface area contributed by atoms with Gasteiger partial charge in [-0.25, -0.2) is 4.68 Å². The molecule has 0 saturated heterocycles. The maximum absolute atomic E-state index is 11.2. The fourth-order valence-corrected chi connectivity index (χ4v) is 1.74. The minimum absolute atomic E-state index is 0.0207. The van der Waals surface area contributed by atoms with E-state index < -0.39 is 5.91 Å². The second-order valence-electron chi connectivity index (χ2n) is 3.97. The molecule has 0 atom stereocenters. The van der Waals surface area contributed by atoms with Gasteiger partial charge in [-0.1, -0.05) is 23.3 Å². The summed E-state index contributed by atoms with van der Waals surface area (Å²) in [7, 11) is 0. The topological polar surface area (TPSA) is 131 Å². The Kier molecular flexibility index (Phi) is 2.64. The Morgan fingerprint density at radius 1 is 1.20 bits per heavy atom. The van der Waals surface area contributed by atoms with Gasteiger partial charge in [0.2, 0.25) is 0 Å². The fourth-order valence-electron chi connectivity index (χ4n) is 1.74. The highest BCUT2D eigenvalue weighted by molar-refractivity contribution is 5.95. The standard InChI is InChI=1S/C11H10N8O/c12-8-6-18(15-9(8)10(13)20)11-14-16-17-19(11)7-4-2-1-3-5-7/h1-6H,12H2,(H2,13,20). The number of tetrazole rings is 1. The molecule has 20 heavy (non-hydrogen) atoms. The van der Waals surface area contributed by atoms with E-state index >= 15 is 0 Å². The molecule has 2 aromatic heterocycles. The molecule has 0 aliphatic carbocycles. The van der Waals surface area contributed by atoms with Gasteiger partial charge in [0, 0.05) is 0 Å². The number of aromatic nitrogens is 6. The van der Waals surface area contributed by atoms with Gasteiger partial charge in [-0.05, 0) is 22.6 Å². The summed E-state index contributed by atoms with van der Waals surface area (Å²) in [6.07, 6.45) is 1.44. The second-order valence-corrected chi connectivity index (χ2v) is 3.97. The molecule has 0 radical (unpaired) electrons. The number of rotatable bonds is 3. The number of anilines is 1. The first-order valence-corrected chi connectivity index (χ1v) is 5.66. The lowest BCUT2D eigenvalue weighted by molar-refractivity contribution is 0.0996. The minimum Gasteiger partial charge on any atom is -0.395 e. The van der Waals surface area contributed by atoms with Gasteiger partial charge in [-0.15, -0.1) is 0 Å². The molecule has 3 rings (SSSR count). The third-order valence-corrected chi connectivity index (χ3v) is 2.63. The number of nitrogen functional groups attached to an aromatic ring is 1. The predicted molar refractivity (Wildman–Crippen MR) is 69.2 cm³/mol. The molecule has 0 saturated carbocycles. The molecule has 0 spiro atoms. The zero-order valence-corrected chi connectivity index (χ0v) is 10.2. The highest BCUT2D eigenvalue weighted by Gasteiger charge is 2.16. The van der Waals surface area contributed by atoms with Crippen molar-refractivity contribution in [3.63, 3.8) is 0 Å². The smallest absolute Gasteiger partial charge is 0.275 e. The van der Waals surface area contributed by atoms with Crippen molar-refractivity contribution in [2.24, 2.45) is 5.73 Å². The SMILES string of the molecule is NC(=O)c1nn(-c2nnnn2-c2ccccc2)cc1N. The number of carbonyl (C=O) groups is 1. The number of hydrogen-bond acceptors (Lipinski definition) is 6. The van der Waals surface area contributed by atoms with Gasteiger partial charge in [0.15, 0.2) is 5.69 Å². The number of nitrogens with two attached hydrogens (primary N) is 2. The van der Waals surface area contributed by atoms with Crippen molar-refractivity contribution in [2.75, 3.05) is 5.73 Å². The molecule has 0 aliphatic rings.